The molecule has 208 valence electrons. The first-order valence-electron chi connectivity index (χ1n) is 11.9. The topological polar surface area (TPSA) is 140 Å². The summed E-state index contributed by atoms with van der Waals surface area (Å²) in [7, 11) is -3.85. The first-order chi connectivity index (χ1) is 18.6. The second-order valence-electron chi connectivity index (χ2n) is 8.66. The van der Waals surface area contributed by atoms with Gasteiger partial charge in [0.25, 0.3) is 26.0 Å². The van der Waals surface area contributed by atoms with Gasteiger partial charge in [-0.05, 0) is 67.4 Å². The second kappa shape index (κ2) is 11.4. The number of nitrogens with zero attached hydrogens (tertiary/aromatic N) is 1. The maximum Gasteiger partial charge on any atom is 0.262 e. The lowest BCUT2D eigenvalue weighted by molar-refractivity contribution is 0.0789. The van der Waals surface area contributed by atoms with Crippen LogP contribution in [-0.4, -0.2) is 62.1 Å². The van der Waals surface area contributed by atoms with Gasteiger partial charge >= 0.3 is 0 Å². The molecule has 1 aliphatic rings. The Kier molecular flexibility index (Phi) is 8.21. The summed E-state index contributed by atoms with van der Waals surface area (Å²) < 4.78 is 72.7. The lowest BCUT2D eigenvalue weighted by Crippen LogP contribution is -2.28. The monoisotopic (exact) mass is 575 g/mol. The fourth-order valence-electron chi connectivity index (χ4n) is 4.13. The zero-order chi connectivity index (χ0) is 28.2. The van der Waals surface area contributed by atoms with E-state index in [-0.39, 0.29) is 38.4 Å². The molecule has 2 N–H and O–H groups in total. The number of carbonyl (C=O) groups excluding carboxylic acids is 1. The summed E-state index contributed by atoms with van der Waals surface area (Å²) in [4.78, 5) is 14.4. The van der Waals surface area contributed by atoms with E-state index < -0.39 is 20.0 Å². The molecule has 0 radical (unpaired) electrons. The quantitative estimate of drug-likeness (QED) is 0.374. The first-order valence-corrected chi connectivity index (χ1v) is 14.9. The van der Waals surface area contributed by atoms with Crippen LogP contribution in [0, 0.1) is 0 Å². The maximum atomic E-state index is 13.1. The Bertz CT molecular complexity index is 1570. The molecule has 0 saturated carbocycles. The van der Waals surface area contributed by atoms with Crippen LogP contribution in [0.4, 0.5) is 11.4 Å². The van der Waals surface area contributed by atoms with Gasteiger partial charge in [-0.1, -0.05) is 0 Å². The molecule has 39 heavy (non-hydrogen) atoms. The molecule has 1 amide bonds. The SMILES string of the molecule is COc1ccc(OC)c(NS(=O)(=O)c2ccc(NS(=O)(=O)c3ccc(OC)c(C(=O)N4CCCC4)c3)cc2)c1. The number of hydrogen-bond acceptors (Lipinski definition) is 8. The molecule has 4 rings (SSSR count). The summed E-state index contributed by atoms with van der Waals surface area (Å²) in [5.74, 6) is 0.713. The predicted octanol–water partition coefficient (Wildman–Crippen LogP) is 3.55. The van der Waals surface area contributed by atoms with Crippen LogP contribution in [0.25, 0.3) is 0 Å². The lowest BCUT2D eigenvalue weighted by Gasteiger charge is -2.18. The lowest BCUT2D eigenvalue weighted by atomic mass is 10.1. The molecule has 1 heterocycles. The van der Waals surface area contributed by atoms with E-state index in [4.69, 9.17) is 14.2 Å². The summed E-state index contributed by atoms with van der Waals surface area (Å²) in [5.41, 5.74) is 0.472. The van der Waals surface area contributed by atoms with Crippen molar-refractivity contribution in [3.05, 3.63) is 66.2 Å². The minimum Gasteiger partial charge on any atom is -0.497 e. The predicted molar refractivity (Wildman–Crippen MR) is 146 cm³/mol. The van der Waals surface area contributed by atoms with E-state index in [1.165, 1.54) is 69.9 Å². The number of likely N-dealkylation sites (tertiary alicyclic amines) is 1. The van der Waals surface area contributed by atoms with E-state index in [1.54, 1.807) is 17.0 Å². The van der Waals surface area contributed by atoms with E-state index in [2.05, 4.69) is 9.44 Å². The van der Waals surface area contributed by atoms with Gasteiger partial charge in [-0.25, -0.2) is 16.8 Å². The van der Waals surface area contributed by atoms with Crippen molar-refractivity contribution in [1.82, 2.24) is 4.90 Å². The van der Waals surface area contributed by atoms with Gasteiger partial charge in [-0.15, -0.1) is 0 Å². The number of benzene rings is 3. The molecular weight excluding hydrogens is 546 g/mol. The second-order valence-corrected chi connectivity index (χ2v) is 12.0. The highest BCUT2D eigenvalue weighted by Gasteiger charge is 2.25. The smallest absolute Gasteiger partial charge is 0.262 e. The van der Waals surface area contributed by atoms with Crippen LogP contribution in [0.15, 0.2) is 70.5 Å². The van der Waals surface area contributed by atoms with Crippen LogP contribution >= 0.6 is 0 Å². The Hall–Kier alpha value is -3.97. The fourth-order valence-corrected chi connectivity index (χ4v) is 6.27. The molecule has 13 heteroatoms. The fraction of sp³-hybridized carbons (Fsp3) is 0.269. The molecule has 1 saturated heterocycles. The molecule has 0 aromatic heterocycles. The molecule has 0 bridgehead atoms. The minimum absolute atomic E-state index is 0.0988. The van der Waals surface area contributed by atoms with E-state index in [0.717, 1.165) is 12.8 Å². The summed E-state index contributed by atoms with van der Waals surface area (Å²) in [5, 5.41) is 0. The van der Waals surface area contributed by atoms with Crippen LogP contribution in [0.3, 0.4) is 0 Å². The van der Waals surface area contributed by atoms with Gasteiger partial charge in [0.2, 0.25) is 0 Å². The van der Waals surface area contributed by atoms with Crippen LogP contribution in [-0.2, 0) is 20.0 Å². The Labute approximate surface area is 227 Å². The van der Waals surface area contributed by atoms with Gasteiger partial charge in [0, 0.05) is 24.8 Å². The van der Waals surface area contributed by atoms with Crippen molar-refractivity contribution in [2.45, 2.75) is 22.6 Å². The third-order valence-corrected chi connectivity index (χ3v) is 8.93. The molecule has 3 aromatic carbocycles. The Morgan fingerprint density at radius 2 is 1.31 bits per heavy atom. The van der Waals surface area contributed by atoms with Gasteiger partial charge < -0.3 is 19.1 Å². The van der Waals surface area contributed by atoms with E-state index in [0.29, 0.717) is 24.6 Å². The Balaban J connectivity index is 1.54. The van der Waals surface area contributed by atoms with Crippen LogP contribution in [0.1, 0.15) is 23.2 Å². The van der Waals surface area contributed by atoms with Gasteiger partial charge in [0.1, 0.15) is 17.2 Å². The Morgan fingerprint density at radius 1 is 0.718 bits per heavy atom. The average molecular weight is 576 g/mol. The number of carbonyl (C=O) groups is 1. The maximum absolute atomic E-state index is 13.1. The third-order valence-electron chi connectivity index (χ3n) is 6.17. The van der Waals surface area contributed by atoms with Crippen molar-refractivity contribution >= 4 is 37.3 Å². The van der Waals surface area contributed by atoms with Gasteiger partial charge in [-0.2, -0.15) is 0 Å². The third kappa shape index (κ3) is 6.20. The number of hydrogen-bond donors (Lipinski definition) is 2. The summed E-state index contributed by atoms with van der Waals surface area (Å²) in [6.07, 6.45) is 1.78. The highest BCUT2D eigenvalue weighted by atomic mass is 32.2. The van der Waals surface area contributed by atoms with Crippen molar-refractivity contribution in [3.63, 3.8) is 0 Å². The molecule has 0 spiro atoms. The van der Waals surface area contributed by atoms with Crippen molar-refractivity contribution < 1.29 is 35.8 Å². The van der Waals surface area contributed by atoms with Gasteiger partial charge in [0.05, 0.1) is 42.4 Å². The van der Waals surface area contributed by atoms with Crippen LogP contribution in [0.5, 0.6) is 17.2 Å². The Morgan fingerprint density at radius 3 is 1.92 bits per heavy atom. The van der Waals surface area contributed by atoms with E-state index >= 15 is 0 Å². The van der Waals surface area contributed by atoms with Gasteiger partial charge in [-0.3, -0.25) is 14.2 Å². The molecule has 1 fully saturated rings. The summed E-state index contributed by atoms with van der Waals surface area (Å²) in [6.45, 7) is 1.21. The van der Waals surface area contributed by atoms with Crippen molar-refractivity contribution in [1.29, 1.82) is 0 Å². The first kappa shape index (κ1) is 28.0. The summed E-state index contributed by atoms with van der Waals surface area (Å²) >= 11 is 0. The number of ether oxygens (including phenoxy) is 3. The van der Waals surface area contributed by atoms with E-state index in [1.807, 2.05) is 0 Å². The molecular formula is C26H29N3O8S2. The molecule has 0 atom stereocenters. The molecule has 1 aliphatic heterocycles. The minimum atomic E-state index is -4.10. The van der Waals surface area contributed by atoms with E-state index in [9.17, 15) is 21.6 Å². The molecule has 3 aromatic rings. The molecule has 0 unspecified atom stereocenters. The number of methoxy groups -OCH3 is 3. The van der Waals surface area contributed by atoms with Gasteiger partial charge in [0.15, 0.2) is 0 Å². The number of anilines is 2. The van der Waals surface area contributed by atoms with Crippen molar-refractivity contribution in [2.24, 2.45) is 0 Å². The molecule has 0 aliphatic carbocycles. The zero-order valence-corrected chi connectivity index (χ0v) is 23.3. The average Bonchev–Trinajstić information content (AvgIpc) is 3.47. The van der Waals surface area contributed by atoms with Crippen molar-refractivity contribution in [2.75, 3.05) is 43.9 Å². The van der Waals surface area contributed by atoms with Crippen LogP contribution in [0.2, 0.25) is 0 Å². The zero-order valence-electron chi connectivity index (χ0n) is 21.6. The highest BCUT2D eigenvalue weighted by Crippen LogP contribution is 2.31. The largest absolute Gasteiger partial charge is 0.497 e. The number of nitrogens with one attached hydrogen (secondary N) is 2. The highest BCUT2D eigenvalue weighted by molar-refractivity contribution is 7.93. The van der Waals surface area contributed by atoms with Crippen molar-refractivity contribution in [3.8, 4) is 17.2 Å². The number of sulfonamides is 2. The van der Waals surface area contributed by atoms with Crippen LogP contribution < -0.4 is 23.7 Å². The summed E-state index contributed by atoms with van der Waals surface area (Å²) in [6, 6.07) is 13.9. The normalized spacial score (nSPS) is 13.6. The molecule has 11 nitrogen and oxygen atoms in total. The number of rotatable bonds is 10. The number of amides is 1. The standard InChI is InChI=1S/C26H29N3O8S2/c1-35-19-8-12-25(37-3)23(16-19)28-38(31,32)20-9-6-18(7-10-20)27-39(33,34)21-11-13-24(36-2)22(17-21)26(30)29-14-4-5-15-29/h6-13,16-17,27-28H,4-5,14-15H2,1-3H3.